The number of aromatic amines is 1. The summed E-state index contributed by atoms with van der Waals surface area (Å²) in [7, 11) is -11.5. The lowest BCUT2D eigenvalue weighted by atomic mass is 9.95. The number of nitrogens with one attached hydrogen (secondary N) is 2. The van der Waals surface area contributed by atoms with Gasteiger partial charge in [0.1, 0.15) is 43.2 Å². The van der Waals surface area contributed by atoms with Crippen LogP contribution in [0.1, 0.15) is 13.2 Å². The summed E-state index contributed by atoms with van der Waals surface area (Å²) in [5.41, 5.74) is -1.80. The molecule has 0 saturated carbocycles. The minimum atomic E-state index is -5.82. The first-order valence-corrected chi connectivity index (χ1v) is 14.0. The van der Waals surface area contributed by atoms with Crippen LogP contribution in [0.25, 0.3) is 0 Å². The van der Waals surface area contributed by atoms with Gasteiger partial charge >= 0.3 is 21.3 Å². The molecule has 1 amide bonds. The van der Waals surface area contributed by atoms with E-state index in [0.29, 0.717) is 4.57 Å². The third-order valence-corrected chi connectivity index (χ3v) is 8.23. The van der Waals surface area contributed by atoms with Crippen molar-refractivity contribution in [2.75, 3.05) is 13.2 Å². The normalized spacial score (nSPS) is 37.4. The first kappa shape index (κ1) is 32.6. The highest BCUT2D eigenvalue weighted by molar-refractivity contribution is 7.61. The Labute approximate surface area is 221 Å². The Morgan fingerprint density at radius 3 is 2.40 bits per heavy atom. The molecule has 0 radical (unpaired) electrons. The van der Waals surface area contributed by atoms with Gasteiger partial charge < -0.3 is 50.1 Å². The van der Waals surface area contributed by atoms with Gasteiger partial charge in [-0.15, -0.1) is 0 Å². The molecule has 0 bridgehead atoms. The number of phosphoric ester groups is 2. The van der Waals surface area contributed by atoms with Gasteiger partial charge in [0.15, 0.2) is 12.5 Å². The Hall–Kier alpha value is -1.94. The molecule has 0 aliphatic carbocycles. The summed E-state index contributed by atoms with van der Waals surface area (Å²) in [6, 6.07) is -1.05. The zero-order chi connectivity index (χ0) is 30.2. The summed E-state index contributed by atoms with van der Waals surface area (Å²) in [6.45, 7) is -1.80. The van der Waals surface area contributed by atoms with Gasteiger partial charge in [0.25, 0.3) is 11.4 Å². The number of halogens is 1. The second-order valence-electron chi connectivity index (χ2n) is 8.58. The van der Waals surface area contributed by atoms with Gasteiger partial charge in [0.2, 0.25) is 5.91 Å². The van der Waals surface area contributed by atoms with Gasteiger partial charge in [-0.25, -0.2) is 18.3 Å². The van der Waals surface area contributed by atoms with Crippen molar-refractivity contribution in [3.8, 4) is 0 Å². The fraction of sp³-hybridized carbons (Fsp3) is 0.706. The molecule has 7 unspecified atom stereocenters. The van der Waals surface area contributed by atoms with Crippen LogP contribution in [-0.4, -0.2) is 113 Å². The quantitative estimate of drug-likeness (QED) is 0.111. The Morgan fingerprint density at radius 2 is 1.82 bits per heavy atom. The number of H-pyrrole nitrogens is 1. The highest BCUT2D eigenvalue weighted by Gasteiger charge is 2.57. The molecule has 2 saturated heterocycles. The van der Waals surface area contributed by atoms with Gasteiger partial charge in [0, 0.05) is 19.2 Å². The van der Waals surface area contributed by atoms with Crippen LogP contribution in [0.3, 0.4) is 0 Å². The summed E-state index contributed by atoms with van der Waals surface area (Å²) < 4.78 is 63.0. The van der Waals surface area contributed by atoms with Crippen molar-refractivity contribution in [2.45, 2.75) is 61.9 Å². The van der Waals surface area contributed by atoms with Gasteiger partial charge in [-0.2, -0.15) is 4.31 Å². The average molecular weight is 625 g/mol. The molecule has 40 heavy (non-hydrogen) atoms. The molecule has 9 N–H and O–H groups in total. The minimum Gasteiger partial charge on any atom is -0.390 e. The van der Waals surface area contributed by atoms with Crippen molar-refractivity contribution in [3.05, 3.63) is 33.1 Å². The van der Waals surface area contributed by atoms with Crippen LogP contribution >= 0.6 is 15.6 Å². The fourth-order valence-electron chi connectivity index (χ4n) is 3.75. The van der Waals surface area contributed by atoms with Crippen LogP contribution in [-0.2, 0) is 36.8 Å². The number of ether oxygens (including phenoxy) is 2. The number of aliphatic hydroxyl groups excluding tert-OH is 5. The van der Waals surface area contributed by atoms with E-state index in [4.69, 9.17) is 4.74 Å². The van der Waals surface area contributed by atoms with E-state index in [1.165, 1.54) is 0 Å². The third kappa shape index (κ3) is 7.27. The van der Waals surface area contributed by atoms with Crippen molar-refractivity contribution in [1.29, 1.82) is 0 Å². The maximum Gasteiger partial charge on any atom is 0.483 e. The van der Waals surface area contributed by atoms with Crippen molar-refractivity contribution in [3.63, 3.8) is 0 Å². The van der Waals surface area contributed by atoms with E-state index in [-0.39, 0.29) is 0 Å². The SMILES string of the molecule is CC(=O)NC1C(O)[C@H](O)C(F)(CO)O[C@@H]1OP(=O)(O)OP(=O)(O)OC[C@H]1O[C@@H](n2ccc(=O)[nH]c2=O)C(O)C1O. The number of phosphoric acid groups is 2. The summed E-state index contributed by atoms with van der Waals surface area (Å²) in [6.07, 6.45) is -13.2. The monoisotopic (exact) mass is 625 g/mol. The Kier molecular flexibility index (Phi) is 9.87. The minimum absolute atomic E-state index is 0.693. The predicted octanol–water partition coefficient (Wildman–Crippen LogP) is -4.35. The lowest BCUT2D eigenvalue weighted by Gasteiger charge is -2.44. The van der Waals surface area contributed by atoms with Gasteiger partial charge in [-0.05, 0) is 0 Å². The number of nitrogens with zero attached hydrogens (tertiary/aromatic N) is 1. The second kappa shape index (κ2) is 12.1. The number of carbonyl (C=O) groups excluding carboxylic acids is 1. The highest BCUT2D eigenvalue weighted by atomic mass is 31.3. The topological polar surface area (TPSA) is 306 Å². The number of rotatable bonds is 10. The summed E-state index contributed by atoms with van der Waals surface area (Å²) in [5, 5.41) is 51.4. The second-order valence-corrected chi connectivity index (χ2v) is 11.6. The smallest absolute Gasteiger partial charge is 0.390 e. The number of hydrogen-bond acceptors (Lipinski definition) is 15. The summed E-state index contributed by atoms with van der Waals surface area (Å²) in [4.78, 5) is 56.3. The first-order valence-electron chi connectivity index (χ1n) is 11.0. The van der Waals surface area contributed by atoms with Crippen molar-refractivity contribution in [2.24, 2.45) is 0 Å². The molecule has 228 valence electrons. The number of aliphatic hydroxyl groups is 5. The fourth-order valence-corrected chi connectivity index (χ4v) is 5.91. The Bertz CT molecular complexity index is 1290. The number of alkyl halides is 1. The number of amides is 1. The molecule has 3 rings (SSSR count). The van der Waals surface area contributed by atoms with E-state index in [9.17, 15) is 63.2 Å². The molecule has 11 atom stereocenters. The summed E-state index contributed by atoms with van der Waals surface area (Å²) >= 11 is 0. The van der Waals surface area contributed by atoms with Gasteiger partial charge in [0.05, 0.1) is 6.61 Å². The molecule has 1 aromatic heterocycles. The zero-order valence-electron chi connectivity index (χ0n) is 20.1. The molecule has 2 aliphatic heterocycles. The Balaban J connectivity index is 1.68. The largest absolute Gasteiger partial charge is 0.483 e. The lowest BCUT2D eigenvalue weighted by Crippen LogP contribution is -2.68. The molecule has 20 nitrogen and oxygen atoms in total. The molecule has 3 heterocycles. The summed E-state index contributed by atoms with van der Waals surface area (Å²) in [5.74, 6) is -4.40. The molecule has 2 aliphatic rings. The van der Waals surface area contributed by atoms with E-state index < -0.39 is 101 Å². The van der Waals surface area contributed by atoms with E-state index in [2.05, 4.69) is 18.1 Å². The van der Waals surface area contributed by atoms with E-state index in [1.807, 2.05) is 10.3 Å². The number of carbonyl (C=O) groups is 1. The molecule has 2 fully saturated rings. The zero-order valence-corrected chi connectivity index (χ0v) is 21.9. The molecule has 0 aromatic carbocycles. The van der Waals surface area contributed by atoms with Crippen molar-refractivity contribution < 1.29 is 76.5 Å². The maximum atomic E-state index is 14.7. The van der Waals surface area contributed by atoms with Crippen LogP contribution in [0.4, 0.5) is 4.39 Å². The van der Waals surface area contributed by atoms with Crippen molar-refractivity contribution in [1.82, 2.24) is 14.9 Å². The third-order valence-electron chi connectivity index (χ3n) is 5.63. The molecular formula is C17H26FN3O17P2. The first-order chi connectivity index (χ1) is 18.4. The molecule has 23 heteroatoms. The average Bonchev–Trinajstić information content (AvgIpc) is 3.11. The van der Waals surface area contributed by atoms with E-state index in [0.717, 1.165) is 19.2 Å². The van der Waals surface area contributed by atoms with Crippen LogP contribution < -0.4 is 16.6 Å². The molecular weight excluding hydrogens is 599 g/mol. The van der Waals surface area contributed by atoms with Gasteiger partial charge in [-0.3, -0.25) is 28.2 Å². The van der Waals surface area contributed by atoms with Crippen LogP contribution in [0.2, 0.25) is 0 Å². The van der Waals surface area contributed by atoms with Crippen molar-refractivity contribution >= 4 is 21.6 Å². The van der Waals surface area contributed by atoms with E-state index in [1.54, 1.807) is 0 Å². The standard InChI is InChI=1S/C17H26FN3O17P2/c1-6(23)19-9-11(26)13(28)17(18,5-22)36-15(9)37-40(32,33)38-39(30,31)34-4-7-10(25)12(27)14(35-7)21-3-2-8(24)20-16(21)29/h2-3,7,9-15,22,25-28H,4-5H2,1H3,(H,19,23)(H,30,31)(H,32,33)(H,20,24,29)/t7-,9?,10?,11?,12?,13+,14-,15-,17?/m1/s1. The lowest BCUT2D eigenvalue weighted by molar-refractivity contribution is -0.340. The Morgan fingerprint density at radius 1 is 1.18 bits per heavy atom. The van der Waals surface area contributed by atoms with Crippen LogP contribution in [0.15, 0.2) is 21.9 Å². The molecule has 1 aromatic rings. The molecule has 0 spiro atoms. The van der Waals surface area contributed by atoms with Gasteiger partial charge in [-0.1, -0.05) is 0 Å². The predicted molar refractivity (Wildman–Crippen MR) is 120 cm³/mol. The van der Waals surface area contributed by atoms with Crippen LogP contribution in [0.5, 0.6) is 0 Å². The maximum absolute atomic E-state index is 14.7. The number of aromatic nitrogens is 2. The highest BCUT2D eigenvalue weighted by Crippen LogP contribution is 2.61. The van der Waals surface area contributed by atoms with E-state index >= 15 is 0 Å². The van der Waals surface area contributed by atoms with Crippen LogP contribution in [0, 0.1) is 0 Å². The number of hydrogen-bond donors (Lipinski definition) is 9.